The van der Waals surface area contributed by atoms with E-state index in [0.29, 0.717) is 26.2 Å². The van der Waals surface area contributed by atoms with E-state index in [1.807, 2.05) is 73.3 Å². The van der Waals surface area contributed by atoms with E-state index in [9.17, 15) is 0 Å². The number of hydrogen-bond acceptors (Lipinski definition) is 8. The smallest absolute Gasteiger partial charge is 1.00 e. The Balaban J connectivity index is -0.00000212. The molecule has 0 aliphatic rings. The number of hydrogen-bond donors (Lipinski definition) is 0. The van der Waals surface area contributed by atoms with E-state index in [1.165, 1.54) is 25.0 Å². The Labute approximate surface area is 376 Å². The minimum Gasteiger partial charge on any atom is -1.00 e. The van der Waals surface area contributed by atoms with Crippen molar-refractivity contribution in [3.05, 3.63) is 180 Å². The molecule has 55 heavy (non-hydrogen) atoms. The Bertz CT molecular complexity index is 1660. The van der Waals surface area contributed by atoms with Crippen LogP contribution in [0.15, 0.2) is 146 Å². The molecule has 0 saturated heterocycles. The second kappa shape index (κ2) is 32.3. The van der Waals surface area contributed by atoms with Crippen LogP contribution in [0.5, 0.6) is 0 Å². The van der Waals surface area contributed by atoms with E-state index in [2.05, 4.69) is 103 Å². The maximum Gasteiger partial charge on any atom is 2.00 e. The van der Waals surface area contributed by atoms with Gasteiger partial charge in [-0.2, -0.15) is 10.5 Å². The Morgan fingerprint density at radius 2 is 0.655 bits per heavy atom. The molecule has 4 aromatic heterocycles. The first-order chi connectivity index (χ1) is 24.1. The average molecular weight is 917 g/mol. The van der Waals surface area contributed by atoms with Crippen LogP contribution in [0.25, 0.3) is 0 Å². The van der Waals surface area contributed by atoms with Gasteiger partial charge in [0, 0.05) is 50.0 Å². The molecule has 0 bridgehead atoms. The number of benzene rings is 2. The van der Waals surface area contributed by atoms with Crippen LogP contribution >= 0.6 is 0 Å². The van der Waals surface area contributed by atoms with Crippen molar-refractivity contribution in [2.45, 2.75) is 46.4 Å². The van der Waals surface area contributed by atoms with Crippen molar-refractivity contribution in [3.63, 3.8) is 0 Å². The fourth-order valence-electron chi connectivity index (χ4n) is 5.11. The first-order valence-electron chi connectivity index (χ1n) is 16.0. The van der Waals surface area contributed by atoms with Crippen molar-refractivity contribution in [1.82, 2.24) is 19.9 Å². The SMILES string of the molecule is CC#N.CC#N.[Cl-].[Cl-].[Cl-].[Cl-].[Zn+2].[Zn+2].c1ccc(CN(Cc2ccccn2)c2ccc(Cc3ccc(N(Cc4ccccn4)Cc4ccccn4)cc3)cc2)nc1. The molecule has 4 heterocycles. The molecule has 0 aliphatic heterocycles. The van der Waals surface area contributed by atoms with Gasteiger partial charge in [0.1, 0.15) is 0 Å². The molecule has 0 atom stereocenters. The van der Waals surface area contributed by atoms with Crippen molar-refractivity contribution in [2.24, 2.45) is 0 Å². The first-order valence-corrected chi connectivity index (χ1v) is 16.0. The van der Waals surface area contributed by atoms with Gasteiger partial charge >= 0.3 is 39.0 Å². The summed E-state index contributed by atoms with van der Waals surface area (Å²) in [6, 6.07) is 45.4. The summed E-state index contributed by atoms with van der Waals surface area (Å²) in [6.45, 7) is 5.72. The van der Waals surface area contributed by atoms with Crippen molar-refractivity contribution in [3.8, 4) is 12.1 Å². The largest absolute Gasteiger partial charge is 2.00 e. The number of anilines is 2. The van der Waals surface area contributed by atoms with Gasteiger partial charge in [-0.25, -0.2) is 0 Å². The van der Waals surface area contributed by atoms with Gasteiger partial charge in [-0.3, -0.25) is 19.9 Å². The Morgan fingerprint density at radius 1 is 0.418 bits per heavy atom. The van der Waals surface area contributed by atoms with Crippen LogP contribution in [0.2, 0.25) is 0 Å². The molecule has 0 amide bonds. The van der Waals surface area contributed by atoms with Gasteiger partial charge in [-0.15, -0.1) is 0 Å². The van der Waals surface area contributed by atoms with Crippen LogP contribution in [-0.4, -0.2) is 19.9 Å². The van der Waals surface area contributed by atoms with Crippen LogP contribution in [0.3, 0.4) is 0 Å². The van der Waals surface area contributed by atoms with E-state index in [-0.39, 0.29) is 88.6 Å². The van der Waals surface area contributed by atoms with Gasteiger partial charge in [0.15, 0.2) is 0 Å². The molecule has 2 aromatic carbocycles. The summed E-state index contributed by atoms with van der Waals surface area (Å²) in [5, 5.41) is 14.6. The molecule has 0 spiro atoms. The third-order valence-electron chi connectivity index (χ3n) is 7.33. The van der Waals surface area contributed by atoms with Crippen LogP contribution in [0.1, 0.15) is 47.8 Å². The molecule has 276 valence electrons. The molecular formula is C41H40Cl4N8Zn2. The molecular weight excluding hydrogens is 877 g/mol. The molecule has 6 rings (SSSR count). The number of nitrogens with zero attached hydrogens (tertiary/aromatic N) is 8. The summed E-state index contributed by atoms with van der Waals surface area (Å²) in [7, 11) is 0. The molecule has 0 N–H and O–H groups in total. The van der Waals surface area contributed by atoms with Gasteiger partial charge in [0.25, 0.3) is 0 Å². The van der Waals surface area contributed by atoms with Crippen molar-refractivity contribution >= 4 is 11.4 Å². The van der Waals surface area contributed by atoms with Crippen LogP contribution < -0.4 is 59.4 Å². The first kappa shape index (κ1) is 55.4. The zero-order valence-corrected chi connectivity index (χ0v) is 39.9. The summed E-state index contributed by atoms with van der Waals surface area (Å²) < 4.78 is 0. The topological polar surface area (TPSA) is 106 Å². The Kier molecular flexibility index (Phi) is 32.5. The molecule has 14 heteroatoms. The number of halogens is 4. The summed E-state index contributed by atoms with van der Waals surface area (Å²) in [6.07, 6.45) is 8.25. The maximum absolute atomic E-state index is 7.32. The van der Waals surface area contributed by atoms with Crippen molar-refractivity contribution < 1.29 is 88.6 Å². The average Bonchev–Trinajstić information content (AvgIpc) is 3.14. The normalized spacial score (nSPS) is 8.73. The van der Waals surface area contributed by atoms with Gasteiger partial charge in [0.2, 0.25) is 0 Å². The molecule has 0 unspecified atom stereocenters. The summed E-state index contributed by atoms with van der Waals surface area (Å²) in [4.78, 5) is 22.9. The third-order valence-corrected chi connectivity index (χ3v) is 7.33. The number of pyridine rings is 4. The zero-order valence-electron chi connectivity index (χ0n) is 30.9. The second-order valence-electron chi connectivity index (χ2n) is 11.0. The standard InChI is InChI=1S/C37H34N6.2C2H3N.4ClH.2Zn/c1-5-21-38-32(9-1)26-42(27-33-10-2-6-22-39-33)36-17-13-30(14-18-36)25-31-15-19-37(20-16-31)43(28-34-11-3-7-23-40-34)29-35-12-4-8-24-41-35;2*1-2-3;;;;;;/h1-24H,25-29H2;2*1H3;4*1H;;/q;;;;;;;2*+2/p-4. The minimum absolute atomic E-state index is 0. The predicted molar refractivity (Wildman–Crippen MR) is 195 cm³/mol. The quantitative estimate of drug-likeness (QED) is 0.116. The number of nitriles is 2. The van der Waals surface area contributed by atoms with Crippen LogP contribution in [-0.2, 0) is 71.6 Å². The van der Waals surface area contributed by atoms with E-state index in [4.69, 9.17) is 10.5 Å². The fraction of sp³-hybridized carbons (Fsp3) is 0.171. The van der Waals surface area contributed by atoms with Gasteiger partial charge in [0.05, 0.1) is 61.1 Å². The maximum atomic E-state index is 7.32. The van der Waals surface area contributed by atoms with Crippen LogP contribution in [0.4, 0.5) is 11.4 Å². The molecule has 0 radical (unpaired) electrons. The molecule has 0 saturated carbocycles. The molecule has 6 aromatic rings. The summed E-state index contributed by atoms with van der Waals surface area (Å²) >= 11 is 0. The number of rotatable bonds is 12. The van der Waals surface area contributed by atoms with Crippen LogP contribution in [0, 0.1) is 22.7 Å². The fourth-order valence-corrected chi connectivity index (χ4v) is 5.11. The summed E-state index contributed by atoms with van der Waals surface area (Å²) in [5.41, 5.74) is 8.96. The zero-order chi connectivity index (χ0) is 34.5. The molecule has 8 nitrogen and oxygen atoms in total. The minimum atomic E-state index is 0. The van der Waals surface area contributed by atoms with Gasteiger partial charge < -0.3 is 59.4 Å². The van der Waals surface area contributed by atoms with Crippen molar-refractivity contribution in [2.75, 3.05) is 9.80 Å². The van der Waals surface area contributed by atoms with Gasteiger partial charge in [-0.05, 0) is 90.3 Å². The summed E-state index contributed by atoms with van der Waals surface area (Å²) in [5.74, 6) is 0. The van der Waals surface area contributed by atoms with E-state index in [1.54, 1.807) is 12.1 Å². The predicted octanol–water partition coefficient (Wildman–Crippen LogP) is -3.66. The monoisotopic (exact) mass is 912 g/mol. The van der Waals surface area contributed by atoms with Gasteiger partial charge in [-0.1, -0.05) is 48.5 Å². The van der Waals surface area contributed by atoms with E-state index < -0.39 is 0 Å². The molecule has 0 fully saturated rings. The van der Waals surface area contributed by atoms with E-state index >= 15 is 0 Å². The number of aromatic nitrogens is 4. The Hall–Kier alpha value is -3.97. The Morgan fingerprint density at radius 3 is 0.855 bits per heavy atom. The van der Waals surface area contributed by atoms with Crippen molar-refractivity contribution in [1.29, 1.82) is 10.5 Å². The molecule has 0 aliphatic carbocycles. The van der Waals surface area contributed by atoms with E-state index in [0.717, 1.165) is 40.6 Å². The second-order valence-corrected chi connectivity index (χ2v) is 11.0. The third kappa shape index (κ3) is 20.0.